The van der Waals surface area contributed by atoms with Gasteiger partial charge < -0.3 is 0 Å². The molecule has 4 aromatic rings. The van der Waals surface area contributed by atoms with Gasteiger partial charge in [-0.3, -0.25) is 0 Å². The fourth-order valence-electron chi connectivity index (χ4n) is 5.50. The zero-order valence-corrected chi connectivity index (χ0v) is 30.9. The van der Waals surface area contributed by atoms with Crippen LogP contribution in [0, 0.1) is 26.0 Å². The minimum Gasteiger partial charge on any atom is -0.184 e. The van der Waals surface area contributed by atoms with E-state index in [-0.39, 0.29) is 24.8 Å². The van der Waals surface area contributed by atoms with Crippen molar-refractivity contribution in [2.75, 3.05) is 0 Å². The maximum Gasteiger partial charge on any atom is -0.171 e. The fraction of sp³-hybridized carbons (Fsp3) is 0.389. The Balaban J connectivity index is 0.000000510. The van der Waals surface area contributed by atoms with Crippen molar-refractivity contribution in [3.63, 3.8) is 0 Å². The SMILES string of the molecule is Cc1cc2c([cH-]1)CCCC2(C)C.Cc1cc2c([cH-]1)CCCC2(C)C.Cl.Cl.[SiH2]=[Zr].[c-]1ccccc1.[c-]1ccccc1. The zero-order chi connectivity index (χ0) is 28.0. The summed E-state index contributed by atoms with van der Waals surface area (Å²) >= 11 is 1.58. The smallest absolute Gasteiger partial charge is 0.171 e. The van der Waals surface area contributed by atoms with E-state index in [4.69, 9.17) is 0 Å². The number of aryl methyl sites for hydroxylation is 4. The van der Waals surface area contributed by atoms with Gasteiger partial charge in [-0.15, -0.1) is 24.8 Å². The van der Waals surface area contributed by atoms with Gasteiger partial charge in [0.05, 0.1) is 0 Å². The molecule has 6 rings (SSSR count). The molecule has 0 fully saturated rings. The van der Waals surface area contributed by atoms with Crippen LogP contribution in [-0.2, 0) is 47.0 Å². The molecule has 2 aliphatic rings. The minimum atomic E-state index is 0. The molecule has 0 bridgehead atoms. The maximum absolute atomic E-state index is 2.89. The van der Waals surface area contributed by atoms with Crippen LogP contribution in [0.1, 0.15) is 86.8 Å². The van der Waals surface area contributed by atoms with E-state index in [0.717, 1.165) is 0 Å². The summed E-state index contributed by atoms with van der Waals surface area (Å²) in [5, 5.41) is 0. The van der Waals surface area contributed by atoms with E-state index in [9.17, 15) is 0 Å². The van der Waals surface area contributed by atoms with Gasteiger partial charge in [0, 0.05) is 0 Å². The number of hydrogen-bond donors (Lipinski definition) is 0. The number of rotatable bonds is 0. The third-order valence-electron chi connectivity index (χ3n) is 7.41. The van der Waals surface area contributed by atoms with Gasteiger partial charge in [-0.25, -0.2) is 12.1 Å². The van der Waals surface area contributed by atoms with E-state index in [1.807, 2.05) is 67.5 Å². The maximum atomic E-state index is 2.89. The van der Waals surface area contributed by atoms with Crippen LogP contribution in [0.25, 0.3) is 0 Å². The second-order valence-electron chi connectivity index (χ2n) is 11.6. The Kier molecular flexibility index (Phi) is 19.3. The normalized spacial score (nSPS) is 14.8. The molecule has 0 aliphatic heterocycles. The molecule has 4 heteroatoms. The van der Waals surface area contributed by atoms with Crippen molar-refractivity contribution >= 4 is 31.7 Å². The molecule has 218 valence electrons. The Morgan fingerprint density at radius 1 is 0.625 bits per heavy atom. The van der Waals surface area contributed by atoms with E-state index in [1.54, 1.807) is 45.6 Å². The Labute approximate surface area is 274 Å². The van der Waals surface area contributed by atoms with Crippen LogP contribution in [-0.4, -0.2) is 6.88 Å². The van der Waals surface area contributed by atoms with Crippen molar-refractivity contribution in [2.24, 2.45) is 0 Å². The van der Waals surface area contributed by atoms with Crippen molar-refractivity contribution < 1.29 is 23.3 Å². The van der Waals surface area contributed by atoms with Gasteiger partial charge in [0.25, 0.3) is 0 Å². The second kappa shape index (κ2) is 19.9. The molecule has 4 aromatic carbocycles. The van der Waals surface area contributed by atoms with E-state index in [1.165, 1.54) is 49.7 Å². The molecule has 0 saturated carbocycles. The third-order valence-corrected chi connectivity index (χ3v) is 7.41. The first-order chi connectivity index (χ1) is 18.2. The van der Waals surface area contributed by atoms with Crippen LogP contribution in [0.4, 0.5) is 0 Å². The third kappa shape index (κ3) is 12.8. The topological polar surface area (TPSA) is 0 Å². The van der Waals surface area contributed by atoms with Gasteiger partial charge in [0.15, 0.2) is 0 Å². The minimum absolute atomic E-state index is 0. The van der Waals surface area contributed by atoms with Gasteiger partial charge >= 0.3 is 30.2 Å². The molecule has 0 saturated heterocycles. The van der Waals surface area contributed by atoms with Gasteiger partial charge in [-0.2, -0.15) is 118 Å². The molecule has 40 heavy (non-hydrogen) atoms. The summed E-state index contributed by atoms with van der Waals surface area (Å²) in [6, 6.07) is 34.5. The van der Waals surface area contributed by atoms with Gasteiger partial charge in [-0.05, 0) is 0 Å². The van der Waals surface area contributed by atoms with Crippen LogP contribution in [0.5, 0.6) is 0 Å². The Hall–Kier alpha value is -1.18. The number of hydrogen-bond acceptors (Lipinski definition) is 0. The summed E-state index contributed by atoms with van der Waals surface area (Å²) in [7, 11) is 0. The quantitative estimate of drug-likeness (QED) is 0.129. The molecule has 0 atom stereocenters. The van der Waals surface area contributed by atoms with Crippen molar-refractivity contribution in [2.45, 2.75) is 90.9 Å². The summed E-state index contributed by atoms with van der Waals surface area (Å²) in [6.45, 7) is 15.8. The van der Waals surface area contributed by atoms with Crippen LogP contribution in [0.2, 0.25) is 0 Å². The standard InChI is InChI=1S/2C12H17.2C6H5.2ClH.H2Si.Zr/c2*1-9-7-10-5-4-6-12(2,3)11(10)8-9;2*1-2-4-6-5-3-1;;;;/h2*7-8H,4-6H2,1-3H3;2*1-5H;2*1H;1H2;/q4*-1;;;;. The molecule has 0 unspecified atom stereocenters. The predicted octanol–water partition coefficient (Wildman–Crippen LogP) is 9.55. The first-order valence-electron chi connectivity index (χ1n) is 13.9. The fourth-order valence-corrected chi connectivity index (χ4v) is 5.50. The summed E-state index contributed by atoms with van der Waals surface area (Å²) in [4.78, 5) is 0. The average molecular weight is 671 g/mol. The summed E-state index contributed by atoms with van der Waals surface area (Å²) in [5.74, 6) is 0. The van der Waals surface area contributed by atoms with Crippen molar-refractivity contribution in [3.05, 3.63) is 130 Å². The molecule has 0 nitrogen and oxygen atoms in total. The Morgan fingerprint density at radius 2 is 0.950 bits per heavy atom. The molecular weight excluding hydrogens is 623 g/mol. The van der Waals surface area contributed by atoms with Crippen LogP contribution in [0.15, 0.2) is 84.9 Å². The molecule has 0 N–H and O–H groups in total. The molecule has 0 aromatic heterocycles. The summed E-state index contributed by atoms with van der Waals surface area (Å²) < 4.78 is 0. The number of halogens is 2. The van der Waals surface area contributed by atoms with E-state index < -0.39 is 0 Å². The predicted molar refractivity (Wildman–Crippen MR) is 179 cm³/mol. The van der Waals surface area contributed by atoms with E-state index in [0.29, 0.717) is 10.8 Å². The van der Waals surface area contributed by atoms with Crippen molar-refractivity contribution in [1.82, 2.24) is 0 Å². The molecule has 2 aliphatic carbocycles. The van der Waals surface area contributed by atoms with Crippen molar-refractivity contribution in [3.8, 4) is 0 Å². The van der Waals surface area contributed by atoms with E-state index in [2.05, 4.69) is 77.9 Å². The van der Waals surface area contributed by atoms with Crippen molar-refractivity contribution in [1.29, 1.82) is 0 Å². The largest absolute Gasteiger partial charge is 0.184 e. The van der Waals surface area contributed by atoms with Crippen LogP contribution >= 0.6 is 24.8 Å². The average Bonchev–Trinajstić information content (AvgIpc) is 3.51. The number of fused-ring (bicyclic) bond motifs is 2. The molecular formula is C36H48Cl2SiZr-4. The van der Waals surface area contributed by atoms with Gasteiger partial charge in [0.2, 0.25) is 0 Å². The van der Waals surface area contributed by atoms with E-state index >= 15 is 0 Å². The first kappa shape index (κ1) is 38.8. The Morgan fingerprint density at radius 3 is 1.18 bits per heavy atom. The number of benzene rings is 2. The second-order valence-corrected chi connectivity index (χ2v) is 11.6. The van der Waals surface area contributed by atoms with Crippen LogP contribution < -0.4 is 0 Å². The monoisotopic (exact) mass is 668 g/mol. The van der Waals surface area contributed by atoms with Gasteiger partial charge in [-0.1, -0.05) is 90.9 Å². The first-order valence-corrected chi connectivity index (χ1v) is 19.8. The Bertz CT molecular complexity index is 1030. The molecule has 0 amide bonds. The van der Waals surface area contributed by atoms with Gasteiger partial charge in [0.1, 0.15) is 0 Å². The van der Waals surface area contributed by atoms with Crippen LogP contribution in [0.3, 0.4) is 0 Å². The summed E-state index contributed by atoms with van der Waals surface area (Å²) in [6.07, 6.45) is 8.03. The summed E-state index contributed by atoms with van der Waals surface area (Å²) in [5.41, 5.74) is 10.2. The molecule has 0 heterocycles. The molecule has 0 spiro atoms. The molecule has 0 radical (unpaired) electrons. The zero-order valence-electron chi connectivity index (χ0n) is 25.3.